The SMILES string of the molecule is CN(C)C(=O)CN=C(NCCCN1CCOCC1)NC1CCc2ncnn2C1.I. The predicted octanol–water partition coefficient (Wildman–Crippen LogP) is -0.443. The number of likely N-dealkylation sites (N-methyl/N-ethyl adjacent to an activating group) is 1. The van der Waals surface area contributed by atoms with Crippen LogP contribution in [0.1, 0.15) is 18.7 Å². The summed E-state index contributed by atoms with van der Waals surface area (Å²) in [6.07, 6.45) is 4.47. The average molecular weight is 520 g/mol. The molecule has 1 saturated heterocycles. The van der Waals surface area contributed by atoms with Crippen molar-refractivity contribution >= 4 is 35.8 Å². The van der Waals surface area contributed by atoms with Gasteiger partial charge in [0.05, 0.1) is 19.8 Å². The van der Waals surface area contributed by atoms with E-state index < -0.39 is 0 Å². The van der Waals surface area contributed by atoms with Crippen molar-refractivity contribution in [2.45, 2.75) is 31.8 Å². The van der Waals surface area contributed by atoms with Crippen molar-refractivity contribution in [2.75, 3.05) is 60.0 Å². The number of carbonyl (C=O) groups excluding carboxylic acids is 1. The van der Waals surface area contributed by atoms with Crippen molar-refractivity contribution in [3.8, 4) is 0 Å². The van der Waals surface area contributed by atoms with Crippen molar-refractivity contribution in [1.82, 2.24) is 35.2 Å². The summed E-state index contributed by atoms with van der Waals surface area (Å²) in [5.74, 6) is 1.69. The monoisotopic (exact) mass is 520 g/mol. The Labute approximate surface area is 189 Å². The zero-order valence-electron chi connectivity index (χ0n) is 17.3. The topological polar surface area (TPSA) is 99.9 Å². The minimum Gasteiger partial charge on any atom is -0.379 e. The molecule has 11 heteroatoms. The van der Waals surface area contributed by atoms with Crippen molar-refractivity contribution in [3.05, 3.63) is 12.2 Å². The van der Waals surface area contributed by atoms with Crippen LogP contribution in [0.15, 0.2) is 11.3 Å². The molecule has 1 unspecified atom stereocenters. The number of amides is 1. The van der Waals surface area contributed by atoms with Crippen LogP contribution in [0, 0.1) is 0 Å². The number of nitrogens with one attached hydrogen (secondary N) is 2. The summed E-state index contributed by atoms with van der Waals surface area (Å²) in [5.41, 5.74) is 0. The molecule has 3 heterocycles. The number of nitrogens with zero attached hydrogens (tertiary/aromatic N) is 6. The number of fused-ring (bicyclic) bond motifs is 1. The number of ether oxygens (including phenoxy) is 1. The lowest BCUT2D eigenvalue weighted by molar-refractivity contribution is -0.127. The molecule has 1 fully saturated rings. The fourth-order valence-corrected chi connectivity index (χ4v) is 3.32. The molecule has 0 aromatic carbocycles. The lowest BCUT2D eigenvalue weighted by atomic mass is 10.1. The maximum Gasteiger partial charge on any atom is 0.243 e. The first-order chi connectivity index (χ1) is 13.6. The summed E-state index contributed by atoms with van der Waals surface area (Å²) < 4.78 is 7.32. The number of rotatable bonds is 7. The Balaban J connectivity index is 0.00000300. The van der Waals surface area contributed by atoms with Gasteiger partial charge in [0.1, 0.15) is 18.7 Å². The second kappa shape index (κ2) is 12.3. The van der Waals surface area contributed by atoms with E-state index in [4.69, 9.17) is 4.74 Å². The Hall–Kier alpha value is -1.47. The minimum atomic E-state index is -0.0170. The van der Waals surface area contributed by atoms with Crippen molar-refractivity contribution in [3.63, 3.8) is 0 Å². The van der Waals surface area contributed by atoms with Gasteiger partial charge >= 0.3 is 0 Å². The van der Waals surface area contributed by atoms with Crippen LogP contribution in [-0.2, 0) is 22.5 Å². The number of hydrogen-bond acceptors (Lipinski definition) is 6. The first-order valence-electron chi connectivity index (χ1n) is 10.0. The second-order valence-corrected chi connectivity index (χ2v) is 7.43. The highest BCUT2D eigenvalue weighted by atomic mass is 127. The molecule has 0 spiro atoms. The van der Waals surface area contributed by atoms with E-state index in [1.807, 2.05) is 4.68 Å². The van der Waals surface area contributed by atoms with E-state index in [1.54, 1.807) is 25.3 Å². The van der Waals surface area contributed by atoms with E-state index in [2.05, 4.69) is 30.6 Å². The van der Waals surface area contributed by atoms with E-state index in [0.717, 1.165) is 71.0 Å². The quantitative estimate of drug-likeness (QED) is 0.218. The van der Waals surface area contributed by atoms with Crippen LogP contribution in [0.4, 0.5) is 0 Å². The zero-order valence-corrected chi connectivity index (χ0v) is 19.7. The number of hydrogen-bond donors (Lipinski definition) is 2. The molecule has 10 nitrogen and oxygen atoms in total. The molecule has 1 aromatic rings. The van der Waals surface area contributed by atoms with Crippen LogP contribution in [0.3, 0.4) is 0 Å². The molecular weight excluding hydrogens is 487 g/mol. The molecule has 0 saturated carbocycles. The van der Waals surface area contributed by atoms with Crippen LogP contribution in [0.25, 0.3) is 0 Å². The van der Waals surface area contributed by atoms with Crippen LogP contribution < -0.4 is 10.6 Å². The van der Waals surface area contributed by atoms with E-state index in [9.17, 15) is 4.79 Å². The lowest BCUT2D eigenvalue weighted by Crippen LogP contribution is -2.48. The average Bonchev–Trinajstić information content (AvgIpc) is 3.17. The van der Waals surface area contributed by atoms with Gasteiger partial charge in [-0.1, -0.05) is 0 Å². The number of halogens is 1. The van der Waals surface area contributed by atoms with Gasteiger partial charge in [0.15, 0.2) is 5.96 Å². The third-order valence-electron chi connectivity index (χ3n) is 5.06. The molecule has 0 radical (unpaired) electrons. The third kappa shape index (κ3) is 7.70. The predicted molar refractivity (Wildman–Crippen MR) is 122 cm³/mol. The zero-order chi connectivity index (χ0) is 19.8. The molecule has 164 valence electrons. The maximum atomic E-state index is 11.9. The van der Waals surface area contributed by atoms with Gasteiger partial charge in [0.2, 0.25) is 5.91 Å². The molecule has 1 amide bonds. The number of carbonyl (C=O) groups is 1. The van der Waals surface area contributed by atoms with Crippen molar-refractivity contribution < 1.29 is 9.53 Å². The Morgan fingerprint density at radius 2 is 2.17 bits per heavy atom. The van der Waals surface area contributed by atoms with Crippen LogP contribution in [0.5, 0.6) is 0 Å². The number of morpholine rings is 1. The summed E-state index contributed by atoms with van der Waals surface area (Å²) in [6, 6.07) is 0.217. The number of guanidine groups is 1. The molecule has 1 aromatic heterocycles. The highest BCUT2D eigenvalue weighted by molar-refractivity contribution is 14.0. The molecule has 0 bridgehead atoms. The molecule has 2 N–H and O–H groups in total. The van der Waals surface area contributed by atoms with E-state index in [-0.39, 0.29) is 42.5 Å². The Bertz CT molecular complexity index is 660. The minimum absolute atomic E-state index is 0. The lowest BCUT2D eigenvalue weighted by Gasteiger charge is -2.27. The molecule has 2 aliphatic rings. The fourth-order valence-electron chi connectivity index (χ4n) is 3.32. The first kappa shape index (κ1) is 23.8. The van der Waals surface area contributed by atoms with E-state index in [1.165, 1.54) is 0 Å². The Morgan fingerprint density at radius 3 is 2.93 bits per heavy atom. The van der Waals surface area contributed by atoms with Crippen LogP contribution in [0.2, 0.25) is 0 Å². The second-order valence-electron chi connectivity index (χ2n) is 7.43. The van der Waals surface area contributed by atoms with E-state index in [0.29, 0.717) is 5.96 Å². The normalized spacial score (nSPS) is 19.8. The summed E-state index contributed by atoms with van der Waals surface area (Å²) in [7, 11) is 3.49. The maximum absolute atomic E-state index is 11.9. The molecule has 1 atom stereocenters. The molecule has 0 aliphatic carbocycles. The summed E-state index contributed by atoms with van der Waals surface area (Å²) >= 11 is 0. The van der Waals surface area contributed by atoms with Crippen LogP contribution >= 0.6 is 24.0 Å². The standard InChI is InChI=1S/C18H32N8O2.HI/c1-24(2)17(27)12-20-18(19-6-3-7-25-8-10-28-11-9-25)23-15-4-5-16-21-14-22-26(16)13-15;/h14-15H,3-13H2,1-2H3,(H2,19,20,23);1H. The van der Waals surface area contributed by atoms with Crippen molar-refractivity contribution in [1.29, 1.82) is 0 Å². The van der Waals surface area contributed by atoms with E-state index >= 15 is 0 Å². The fraction of sp³-hybridized carbons (Fsp3) is 0.778. The molecule has 3 rings (SSSR count). The largest absolute Gasteiger partial charge is 0.379 e. The number of aromatic nitrogens is 3. The summed E-state index contributed by atoms with van der Waals surface area (Å²) in [5, 5.41) is 11.1. The Morgan fingerprint density at radius 1 is 1.38 bits per heavy atom. The molecule has 2 aliphatic heterocycles. The first-order valence-corrected chi connectivity index (χ1v) is 10.0. The smallest absolute Gasteiger partial charge is 0.243 e. The van der Waals surface area contributed by atoms with Gasteiger partial charge in [-0.25, -0.2) is 14.7 Å². The third-order valence-corrected chi connectivity index (χ3v) is 5.06. The Kier molecular flexibility index (Phi) is 10.1. The number of aliphatic imine (C=N–C) groups is 1. The molecule has 29 heavy (non-hydrogen) atoms. The summed E-state index contributed by atoms with van der Waals surface area (Å²) in [6.45, 7) is 6.36. The highest BCUT2D eigenvalue weighted by Gasteiger charge is 2.21. The van der Waals surface area contributed by atoms with Gasteiger partial charge in [-0.15, -0.1) is 24.0 Å². The number of aryl methyl sites for hydroxylation is 1. The van der Waals surface area contributed by atoms with Gasteiger partial charge in [-0.2, -0.15) is 5.10 Å². The van der Waals surface area contributed by atoms with Gasteiger partial charge in [-0.3, -0.25) is 9.69 Å². The highest BCUT2D eigenvalue weighted by Crippen LogP contribution is 2.11. The summed E-state index contributed by atoms with van der Waals surface area (Å²) in [4.78, 5) is 24.7. The van der Waals surface area contributed by atoms with Crippen molar-refractivity contribution in [2.24, 2.45) is 4.99 Å². The van der Waals surface area contributed by atoms with Gasteiger partial charge in [-0.05, 0) is 19.4 Å². The van der Waals surface area contributed by atoms with Gasteiger partial charge in [0.25, 0.3) is 0 Å². The van der Waals surface area contributed by atoms with Crippen LogP contribution in [-0.4, -0.2) is 103 Å². The van der Waals surface area contributed by atoms with Gasteiger partial charge < -0.3 is 20.3 Å². The molecular formula is C18H33IN8O2. The van der Waals surface area contributed by atoms with Gasteiger partial charge in [0, 0.05) is 46.2 Å².